The predicted molar refractivity (Wildman–Crippen MR) is 74.9 cm³/mol. The van der Waals surface area contributed by atoms with Crippen LogP contribution in [0.1, 0.15) is 42.4 Å². The number of nitrogen functional groups attached to an aromatic ring is 1. The summed E-state index contributed by atoms with van der Waals surface area (Å²) in [5.41, 5.74) is 7.74. The molecule has 1 amide bonds. The number of hydrogen-bond donors (Lipinski definition) is 2. The summed E-state index contributed by atoms with van der Waals surface area (Å²) in [6.45, 7) is 5.64. The number of carbonyl (C=O) groups is 1. The quantitative estimate of drug-likeness (QED) is 0.856. The highest BCUT2D eigenvalue weighted by Crippen LogP contribution is 2.23. The zero-order valence-electron chi connectivity index (χ0n) is 10.9. The fraction of sp³-hybridized carbons (Fsp3) is 0.667. The molecule has 1 saturated heterocycles. The zero-order chi connectivity index (χ0) is 13.1. The zero-order valence-corrected chi connectivity index (χ0v) is 11.7. The molecule has 2 heterocycles. The predicted octanol–water partition coefficient (Wildman–Crippen LogP) is 1.69. The van der Waals surface area contributed by atoms with Crippen LogP contribution in [0.4, 0.5) is 5.69 Å². The van der Waals surface area contributed by atoms with Crippen molar-refractivity contribution in [3.05, 3.63) is 11.4 Å². The second-order valence-corrected chi connectivity index (χ2v) is 6.04. The largest absolute Gasteiger partial charge is 0.395 e. The van der Waals surface area contributed by atoms with Gasteiger partial charge in [-0.05, 0) is 18.1 Å². The first-order chi connectivity index (χ1) is 8.61. The van der Waals surface area contributed by atoms with Crippen LogP contribution >= 0.6 is 11.8 Å². The number of nitrogens with zero attached hydrogens (tertiary/aromatic N) is 2. The second-order valence-electron chi connectivity index (χ2n) is 4.81. The number of aromatic amines is 1. The molecule has 0 aliphatic carbocycles. The van der Waals surface area contributed by atoms with E-state index < -0.39 is 0 Å². The van der Waals surface area contributed by atoms with Gasteiger partial charge < -0.3 is 10.6 Å². The first-order valence-electron chi connectivity index (χ1n) is 6.32. The maximum absolute atomic E-state index is 12.4. The van der Waals surface area contributed by atoms with Gasteiger partial charge in [-0.25, -0.2) is 0 Å². The monoisotopic (exact) mass is 268 g/mol. The molecule has 1 aliphatic rings. The molecule has 0 saturated carbocycles. The van der Waals surface area contributed by atoms with E-state index >= 15 is 0 Å². The lowest BCUT2D eigenvalue weighted by molar-refractivity contribution is 0.0763. The van der Waals surface area contributed by atoms with Gasteiger partial charge in [0, 0.05) is 18.8 Å². The van der Waals surface area contributed by atoms with Crippen LogP contribution in [-0.4, -0.2) is 45.6 Å². The highest BCUT2D eigenvalue weighted by Gasteiger charge is 2.24. The van der Waals surface area contributed by atoms with Crippen LogP contribution in [0.2, 0.25) is 0 Å². The van der Waals surface area contributed by atoms with E-state index in [-0.39, 0.29) is 11.8 Å². The van der Waals surface area contributed by atoms with Crippen molar-refractivity contribution in [2.45, 2.75) is 26.2 Å². The van der Waals surface area contributed by atoms with Crippen LogP contribution < -0.4 is 5.73 Å². The summed E-state index contributed by atoms with van der Waals surface area (Å²) < 4.78 is 0. The van der Waals surface area contributed by atoms with Gasteiger partial charge in [-0.1, -0.05) is 13.8 Å². The first-order valence-corrected chi connectivity index (χ1v) is 7.47. The molecule has 18 heavy (non-hydrogen) atoms. The van der Waals surface area contributed by atoms with Crippen molar-refractivity contribution in [2.24, 2.45) is 0 Å². The Kier molecular flexibility index (Phi) is 4.16. The summed E-state index contributed by atoms with van der Waals surface area (Å²) in [5, 5.41) is 6.98. The molecule has 1 aromatic rings. The summed E-state index contributed by atoms with van der Waals surface area (Å²) in [6, 6.07) is 0. The molecule has 0 radical (unpaired) electrons. The molecule has 2 rings (SSSR count). The first kappa shape index (κ1) is 13.3. The van der Waals surface area contributed by atoms with Gasteiger partial charge in [0.2, 0.25) is 0 Å². The highest BCUT2D eigenvalue weighted by atomic mass is 32.2. The Hall–Kier alpha value is -1.17. The fourth-order valence-corrected chi connectivity index (χ4v) is 2.95. The van der Waals surface area contributed by atoms with Crippen molar-refractivity contribution in [3.8, 4) is 0 Å². The van der Waals surface area contributed by atoms with Crippen LogP contribution in [0.15, 0.2) is 0 Å². The number of aromatic nitrogens is 2. The number of H-pyrrole nitrogens is 1. The summed E-state index contributed by atoms with van der Waals surface area (Å²) in [6.07, 6.45) is 1.04. The number of hydrogen-bond acceptors (Lipinski definition) is 4. The number of nitrogens with one attached hydrogen (secondary N) is 1. The maximum Gasteiger partial charge on any atom is 0.276 e. The molecule has 100 valence electrons. The number of rotatable bonds is 2. The van der Waals surface area contributed by atoms with Crippen molar-refractivity contribution in [1.82, 2.24) is 15.1 Å². The van der Waals surface area contributed by atoms with E-state index in [9.17, 15) is 4.79 Å². The molecule has 1 fully saturated rings. The number of nitrogens with two attached hydrogens (primary N) is 1. The molecule has 1 aromatic heterocycles. The Bertz CT molecular complexity index is 422. The number of amides is 1. The molecular weight excluding hydrogens is 248 g/mol. The Balaban J connectivity index is 2.17. The molecule has 0 bridgehead atoms. The average molecular weight is 268 g/mol. The molecule has 1 aliphatic heterocycles. The van der Waals surface area contributed by atoms with Gasteiger partial charge in [-0.2, -0.15) is 16.9 Å². The summed E-state index contributed by atoms with van der Waals surface area (Å²) in [7, 11) is 0. The highest BCUT2D eigenvalue weighted by molar-refractivity contribution is 7.99. The Morgan fingerprint density at radius 1 is 1.44 bits per heavy atom. The van der Waals surface area contributed by atoms with Crippen molar-refractivity contribution in [1.29, 1.82) is 0 Å². The van der Waals surface area contributed by atoms with Crippen LogP contribution in [0.3, 0.4) is 0 Å². The van der Waals surface area contributed by atoms with E-state index in [1.165, 1.54) is 0 Å². The Morgan fingerprint density at radius 3 is 2.89 bits per heavy atom. The van der Waals surface area contributed by atoms with Gasteiger partial charge in [0.1, 0.15) is 0 Å². The Labute approximate surface area is 111 Å². The molecule has 0 unspecified atom stereocenters. The van der Waals surface area contributed by atoms with E-state index in [2.05, 4.69) is 10.2 Å². The Morgan fingerprint density at radius 2 is 2.22 bits per heavy atom. The average Bonchev–Trinajstić information content (AvgIpc) is 2.56. The number of anilines is 1. The molecule has 5 nitrogen and oxygen atoms in total. The fourth-order valence-electron chi connectivity index (χ4n) is 2.07. The molecule has 3 N–H and O–H groups in total. The maximum atomic E-state index is 12.4. The van der Waals surface area contributed by atoms with Crippen molar-refractivity contribution in [3.63, 3.8) is 0 Å². The number of thioether (sulfide) groups is 1. The SMILES string of the molecule is CC(C)c1[nH]nc(C(=O)N2CCCSCC2)c1N. The lowest BCUT2D eigenvalue weighted by atomic mass is 10.1. The minimum atomic E-state index is -0.0434. The van der Waals surface area contributed by atoms with Gasteiger partial charge in [-0.3, -0.25) is 9.89 Å². The standard InChI is InChI=1S/C12H20N4OS/c1-8(2)10-9(13)11(15-14-10)12(17)16-4-3-6-18-7-5-16/h8H,3-7,13H2,1-2H3,(H,14,15). The van der Waals surface area contributed by atoms with Gasteiger partial charge in [0.15, 0.2) is 5.69 Å². The van der Waals surface area contributed by atoms with Crippen molar-refractivity contribution < 1.29 is 4.79 Å². The van der Waals surface area contributed by atoms with Crippen LogP contribution in [0.25, 0.3) is 0 Å². The van der Waals surface area contributed by atoms with Gasteiger partial charge in [0.25, 0.3) is 5.91 Å². The van der Waals surface area contributed by atoms with E-state index in [0.29, 0.717) is 11.4 Å². The summed E-state index contributed by atoms with van der Waals surface area (Å²) in [5.74, 6) is 2.32. The molecule has 0 atom stereocenters. The minimum Gasteiger partial charge on any atom is -0.395 e. The van der Waals surface area contributed by atoms with Gasteiger partial charge in [-0.15, -0.1) is 0 Å². The van der Waals surface area contributed by atoms with Gasteiger partial charge >= 0.3 is 0 Å². The van der Waals surface area contributed by atoms with Gasteiger partial charge in [0.05, 0.1) is 11.4 Å². The third kappa shape index (κ3) is 2.63. The van der Waals surface area contributed by atoms with Crippen molar-refractivity contribution in [2.75, 3.05) is 30.3 Å². The second kappa shape index (κ2) is 5.65. The summed E-state index contributed by atoms with van der Waals surface area (Å²) in [4.78, 5) is 14.2. The molecule has 6 heteroatoms. The lowest BCUT2D eigenvalue weighted by Gasteiger charge is -2.18. The van der Waals surface area contributed by atoms with Crippen LogP contribution in [-0.2, 0) is 0 Å². The smallest absolute Gasteiger partial charge is 0.276 e. The summed E-state index contributed by atoms with van der Waals surface area (Å²) >= 11 is 1.89. The third-order valence-electron chi connectivity index (χ3n) is 3.12. The topological polar surface area (TPSA) is 75.0 Å². The van der Waals surface area contributed by atoms with Crippen molar-refractivity contribution >= 4 is 23.4 Å². The van der Waals surface area contributed by atoms with E-state index in [1.54, 1.807) is 0 Å². The van der Waals surface area contributed by atoms with E-state index in [0.717, 1.165) is 36.7 Å². The normalized spacial score (nSPS) is 16.9. The third-order valence-corrected chi connectivity index (χ3v) is 4.17. The van der Waals surface area contributed by atoms with Crippen LogP contribution in [0.5, 0.6) is 0 Å². The van der Waals surface area contributed by atoms with E-state index in [4.69, 9.17) is 5.73 Å². The molecular formula is C12H20N4OS. The van der Waals surface area contributed by atoms with E-state index in [1.807, 2.05) is 30.5 Å². The lowest BCUT2D eigenvalue weighted by Crippen LogP contribution is -2.33. The molecule has 0 aromatic carbocycles. The number of carbonyl (C=O) groups excluding carboxylic acids is 1. The molecule has 0 spiro atoms. The minimum absolute atomic E-state index is 0.0434. The van der Waals surface area contributed by atoms with Crippen LogP contribution in [0, 0.1) is 0 Å².